The van der Waals surface area contributed by atoms with E-state index in [1.54, 1.807) is 36.4 Å². The summed E-state index contributed by atoms with van der Waals surface area (Å²) >= 11 is 0. The summed E-state index contributed by atoms with van der Waals surface area (Å²) in [5, 5.41) is 0. The molecule has 0 aromatic heterocycles. The van der Waals surface area contributed by atoms with Gasteiger partial charge in [-0.05, 0) is 36.4 Å². The number of rotatable bonds is 3. The third-order valence-corrected chi connectivity index (χ3v) is 2.79. The Hall–Kier alpha value is -4.20. The van der Waals surface area contributed by atoms with E-state index < -0.39 is 0 Å². The lowest BCUT2D eigenvalue weighted by molar-refractivity contribution is 0.564. The molecule has 35 heavy (non-hydrogen) atoms. The summed E-state index contributed by atoms with van der Waals surface area (Å²) in [6.07, 6.45) is 6.88. The molecule has 0 amide bonds. The van der Waals surface area contributed by atoms with Gasteiger partial charge in [0.1, 0.15) is 0 Å². The zero-order chi connectivity index (χ0) is 27.0. The first kappa shape index (κ1) is 35.4. The van der Waals surface area contributed by atoms with Gasteiger partial charge in [-0.1, -0.05) is 109 Å². The molecule has 0 spiro atoms. The second-order valence-corrected chi connectivity index (χ2v) is 6.03. The molecule has 0 saturated heterocycles. The number of benzene rings is 3. The van der Waals surface area contributed by atoms with Crippen molar-refractivity contribution in [1.29, 1.82) is 0 Å². The van der Waals surface area contributed by atoms with Crippen molar-refractivity contribution in [3.05, 3.63) is 91.0 Å². The normalized spacial score (nSPS) is 7.37. The largest absolute Gasteiger partial charge is 0.240 e. The van der Waals surface area contributed by atoms with Crippen molar-refractivity contribution in [2.24, 2.45) is 15.0 Å². The van der Waals surface area contributed by atoms with Gasteiger partial charge in [0, 0.05) is 0 Å². The first-order chi connectivity index (χ1) is 17.1. The Balaban J connectivity index is -0.000000382. The van der Waals surface area contributed by atoms with Gasteiger partial charge in [0.25, 0.3) is 0 Å². The zero-order valence-electron chi connectivity index (χ0n) is 21.6. The van der Waals surface area contributed by atoms with Crippen LogP contribution in [0.15, 0.2) is 106 Å². The van der Waals surface area contributed by atoms with Gasteiger partial charge in [-0.2, -0.15) is 15.0 Å². The van der Waals surface area contributed by atoms with Crippen LogP contribution in [0.4, 0.5) is 17.1 Å². The van der Waals surface area contributed by atoms with Crippen molar-refractivity contribution in [3.63, 3.8) is 0 Å². The van der Waals surface area contributed by atoms with E-state index in [-0.39, 0.29) is 0 Å². The standard InChI is InChI=1S/3C7H5NO.2C3H8.C2H6/c3*9-6-8-7-4-2-1-3-5-7;2*1-3-2;1-2/h3*1-5H;2*3H2,1-2H3;1-2H3. The van der Waals surface area contributed by atoms with Crippen molar-refractivity contribution in [2.75, 3.05) is 0 Å². The van der Waals surface area contributed by atoms with Crippen LogP contribution in [0, 0.1) is 0 Å². The highest BCUT2D eigenvalue weighted by Gasteiger charge is 1.81. The number of para-hydroxylation sites is 3. The van der Waals surface area contributed by atoms with Crippen LogP contribution in [0.1, 0.15) is 54.4 Å². The first-order valence-electron chi connectivity index (χ1n) is 11.5. The predicted octanol–water partition coefficient (Wildman–Crippen LogP) is 8.82. The zero-order valence-corrected chi connectivity index (χ0v) is 21.6. The number of aliphatic imine (C=N–C) groups is 3. The van der Waals surface area contributed by atoms with Crippen molar-refractivity contribution in [2.45, 2.75) is 54.4 Å². The Labute approximate surface area is 210 Å². The van der Waals surface area contributed by atoms with Crippen LogP contribution in [0.2, 0.25) is 0 Å². The van der Waals surface area contributed by atoms with Crippen molar-refractivity contribution < 1.29 is 14.4 Å². The maximum Gasteiger partial charge on any atom is 0.240 e. The van der Waals surface area contributed by atoms with Crippen LogP contribution in [0.5, 0.6) is 0 Å². The molecule has 3 aromatic rings. The van der Waals surface area contributed by atoms with Gasteiger partial charge in [0.15, 0.2) is 0 Å². The summed E-state index contributed by atoms with van der Waals surface area (Å²) in [6, 6.07) is 26.9. The summed E-state index contributed by atoms with van der Waals surface area (Å²) in [4.78, 5) is 39.3. The lowest BCUT2D eigenvalue weighted by Gasteiger charge is -1.83. The van der Waals surface area contributed by atoms with E-state index in [4.69, 9.17) is 0 Å². The number of nitrogens with zero attached hydrogens (tertiary/aromatic N) is 3. The second-order valence-electron chi connectivity index (χ2n) is 6.03. The van der Waals surface area contributed by atoms with Crippen molar-refractivity contribution in [3.8, 4) is 0 Å². The molecular formula is C29H37N3O3. The second kappa shape index (κ2) is 32.0. The molecule has 0 aliphatic rings. The predicted molar refractivity (Wildman–Crippen MR) is 146 cm³/mol. The SMILES string of the molecule is CC.CCC.CCC.O=C=Nc1ccccc1.O=C=Nc1ccccc1.O=C=Nc1ccccc1. The molecule has 0 unspecified atom stereocenters. The molecule has 0 fully saturated rings. The third-order valence-electron chi connectivity index (χ3n) is 2.79. The van der Waals surface area contributed by atoms with E-state index in [0.717, 1.165) is 0 Å². The minimum Gasteiger partial charge on any atom is -0.211 e. The third kappa shape index (κ3) is 27.8. The van der Waals surface area contributed by atoms with Crippen LogP contribution in [0.25, 0.3) is 0 Å². The van der Waals surface area contributed by atoms with E-state index in [1.807, 2.05) is 68.4 Å². The number of isocyanates is 3. The van der Waals surface area contributed by atoms with E-state index in [9.17, 15) is 14.4 Å². The highest BCUT2D eigenvalue weighted by Crippen LogP contribution is 2.08. The van der Waals surface area contributed by atoms with Gasteiger partial charge in [-0.25, -0.2) is 14.4 Å². The van der Waals surface area contributed by atoms with Gasteiger partial charge < -0.3 is 0 Å². The lowest BCUT2D eigenvalue weighted by Crippen LogP contribution is -1.59. The van der Waals surface area contributed by atoms with E-state index in [0.29, 0.717) is 17.1 Å². The summed E-state index contributed by atoms with van der Waals surface area (Å²) in [5.41, 5.74) is 1.94. The van der Waals surface area contributed by atoms with Gasteiger partial charge in [0.05, 0.1) is 17.1 Å². The topological polar surface area (TPSA) is 88.3 Å². The Morgan fingerprint density at radius 2 is 0.629 bits per heavy atom. The van der Waals surface area contributed by atoms with Crippen LogP contribution < -0.4 is 0 Å². The van der Waals surface area contributed by atoms with Gasteiger partial charge in [-0.15, -0.1) is 0 Å². The lowest BCUT2D eigenvalue weighted by atomic mass is 10.3. The number of hydrogen-bond donors (Lipinski definition) is 0. The summed E-state index contributed by atoms with van der Waals surface area (Å²) in [7, 11) is 0. The molecular weight excluding hydrogens is 438 g/mol. The van der Waals surface area contributed by atoms with Crippen LogP contribution in [0.3, 0.4) is 0 Å². The number of carbonyl (C=O) groups excluding carboxylic acids is 3. The molecule has 0 N–H and O–H groups in total. The van der Waals surface area contributed by atoms with Gasteiger partial charge in [-0.3, -0.25) is 0 Å². The molecule has 0 bridgehead atoms. The molecule has 0 radical (unpaired) electrons. The number of hydrogen-bond acceptors (Lipinski definition) is 6. The monoisotopic (exact) mass is 475 g/mol. The Kier molecular flexibility index (Phi) is 32.3. The summed E-state index contributed by atoms with van der Waals surface area (Å²) < 4.78 is 0. The average Bonchev–Trinajstić information content (AvgIpc) is 2.90. The fourth-order valence-electron chi connectivity index (χ4n) is 1.67. The van der Waals surface area contributed by atoms with Crippen LogP contribution in [-0.4, -0.2) is 18.2 Å². The molecule has 3 rings (SSSR count). The highest BCUT2D eigenvalue weighted by molar-refractivity contribution is 5.49. The van der Waals surface area contributed by atoms with Crippen LogP contribution in [-0.2, 0) is 14.4 Å². The molecule has 0 heterocycles. The van der Waals surface area contributed by atoms with Crippen molar-refractivity contribution in [1.82, 2.24) is 0 Å². The van der Waals surface area contributed by atoms with Crippen LogP contribution >= 0.6 is 0 Å². The highest BCUT2D eigenvalue weighted by atomic mass is 16.1. The first-order valence-corrected chi connectivity index (χ1v) is 11.5. The smallest absolute Gasteiger partial charge is 0.211 e. The molecule has 0 aliphatic heterocycles. The quantitative estimate of drug-likeness (QED) is 0.280. The molecule has 186 valence electrons. The maximum absolute atomic E-state index is 9.68. The van der Waals surface area contributed by atoms with Gasteiger partial charge in [0.2, 0.25) is 18.2 Å². The van der Waals surface area contributed by atoms with Gasteiger partial charge >= 0.3 is 0 Å². The molecule has 0 aliphatic carbocycles. The minimum atomic E-state index is 0.646. The fourth-order valence-corrected chi connectivity index (χ4v) is 1.67. The Morgan fingerprint density at radius 3 is 0.771 bits per heavy atom. The van der Waals surface area contributed by atoms with E-state index in [1.165, 1.54) is 31.1 Å². The fraction of sp³-hybridized carbons (Fsp3) is 0.276. The Morgan fingerprint density at radius 1 is 0.457 bits per heavy atom. The maximum atomic E-state index is 9.68. The van der Waals surface area contributed by atoms with E-state index >= 15 is 0 Å². The summed E-state index contributed by atoms with van der Waals surface area (Å²) in [6.45, 7) is 12.5. The molecule has 3 aromatic carbocycles. The Bertz CT molecular complexity index is 831. The minimum absolute atomic E-state index is 0.646. The van der Waals surface area contributed by atoms with E-state index in [2.05, 4.69) is 42.7 Å². The molecule has 0 saturated carbocycles. The molecule has 6 heteroatoms. The molecule has 0 atom stereocenters. The summed E-state index contributed by atoms with van der Waals surface area (Å²) in [5.74, 6) is 0. The average molecular weight is 476 g/mol. The van der Waals surface area contributed by atoms with Crippen molar-refractivity contribution >= 4 is 35.3 Å². The molecule has 6 nitrogen and oxygen atoms in total.